The van der Waals surface area contributed by atoms with Gasteiger partial charge in [0.2, 0.25) is 0 Å². The highest BCUT2D eigenvalue weighted by Gasteiger charge is 2.25. The Labute approximate surface area is 123 Å². The third-order valence-corrected chi connectivity index (χ3v) is 4.67. The summed E-state index contributed by atoms with van der Waals surface area (Å²) < 4.78 is 2.06. The maximum Gasteiger partial charge on any atom is 0.313 e. The highest BCUT2D eigenvalue weighted by molar-refractivity contribution is 7.99. The molecule has 0 bridgehead atoms. The van der Waals surface area contributed by atoms with Gasteiger partial charge in [-0.1, -0.05) is 11.8 Å². The molecule has 0 aliphatic carbocycles. The second kappa shape index (κ2) is 6.58. The highest BCUT2D eigenvalue weighted by atomic mass is 32.2. The fourth-order valence-corrected chi connectivity index (χ4v) is 3.26. The van der Waals surface area contributed by atoms with E-state index >= 15 is 0 Å². The van der Waals surface area contributed by atoms with Crippen molar-refractivity contribution in [2.75, 3.05) is 18.8 Å². The molecule has 1 aromatic rings. The first-order valence-electron chi connectivity index (χ1n) is 6.95. The van der Waals surface area contributed by atoms with Gasteiger partial charge in [0.25, 0.3) is 0 Å². The first kappa shape index (κ1) is 15.3. The smallest absolute Gasteiger partial charge is 0.313 e. The molecule has 1 unspecified atom stereocenters. The van der Waals surface area contributed by atoms with Crippen LogP contribution < -0.4 is 0 Å². The highest BCUT2D eigenvalue weighted by Crippen LogP contribution is 2.24. The Morgan fingerprint density at radius 2 is 2.25 bits per heavy atom. The van der Waals surface area contributed by atoms with Gasteiger partial charge in [-0.3, -0.25) is 4.79 Å². The maximum atomic E-state index is 10.7. The standard InChI is InChI=1S/C13H22N4O2S/c1-9(2)16-5-4-11(6-16)7-17-10(3)14-15-13(17)20-8-12(18)19/h9,11H,4-8H2,1-3H3,(H,18,19). The lowest BCUT2D eigenvalue weighted by Gasteiger charge is -2.20. The van der Waals surface area contributed by atoms with E-state index in [1.165, 1.54) is 18.2 Å². The van der Waals surface area contributed by atoms with Crippen LogP contribution in [0.25, 0.3) is 0 Å². The van der Waals surface area contributed by atoms with Gasteiger partial charge >= 0.3 is 5.97 Å². The van der Waals surface area contributed by atoms with E-state index in [0.717, 1.165) is 25.5 Å². The lowest BCUT2D eigenvalue weighted by Crippen LogP contribution is -2.29. The van der Waals surface area contributed by atoms with Crippen LogP contribution in [0.4, 0.5) is 0 Å². The van der Waals surface area contributed by atoms with Crippen LogP contribution in [-0.4, -0.2) is 55.6 Å². The summed E-state index contributed by atoms with van der Waals surface area (Å²) in [7, 11) is 0. The largest absolute Gasteiger partial charge is 0.481 e. The number of aryl methyl sites for hydroxylation is 1. The Hall–Kier alpha value is -1.08. The summed E-state index contributed by atoms with van der Waals surface area (Å²) in [4.78, 5) is 13.1. The van der Waals surface area contributed by atoms with Crippen molar-refractivity contribution in [1.82, 2.24) is 19.7 Å². The lowest BCUT2D eigenvalue weighted by molar-refractivity contribution is -0.133. The van der Waals surface area contributed by atoms with Crippen LogP contribution in [0.3, 0.4) is 0 Å². The Morgan fingerprint density at radius 1 is 1.50 bits per heavy atom. The van der Waals surface area contributed by atoms with Crippen molar-refractivity contribution in [1.29, 1.82) is 0 Å². The average Bonchev–Trinajstić information content (AvgIpc) is 2.97. The average molecular weight is 298 g/mol. The van der Waals surface area contributed by atoms with Crippen LogP contribution in [0.1, 0.15) is 26.1 Å². The third-order valence-electron chi connectivity index (χ3n) is 3.71. The molecule has 1 aliphatic heterocycles. The molecule has 6 nitrogen and oxygen atoms in total. The molecule has 1 N–H and O–H groups in total. The molecule has 0 saturated carbocycles. The molecule has 0 radical (unpaired) electrons. The zero-order chi connectivity index (χ0) is 14.7. The number of thioether (sulfide) groups is 1. The summed E-state index contributed by atoms with van der Waals surface area (Å²) in [6, 6.07) is 0.586. The van der Waals surface area contributed by atoms with Crippen LogP contribution in [0.2, 0.25) is 0 Å². The molecule has 0 aromatic carbocycles. The van der Waals surface area contributed by atoms with E-state index < -0.39 is 5.97 Å². The number of hydrogen-bond acceptors (Lipinski definition) is 5. The number of likely N-dealkylation sites (tertiary alicyclic amines) is 1. The van der Waals surface area contributed by atoms with Gasteiger partial charge in [-0.2, -0.15) is 0 Å². The molecule has 112 valence electrons. The fourth-order valence-electron chi connectivity index (χ4n) is 2.54. The molecule has 0 spiro atoms. The molecule has 1 saturated heterocycles. The van der Waals surface area contributed by atoms with Crippen LogP contribution in [0.15, 0.2) is 5.16 Å². The van der Waals surface area contributed by atoms with Crippen molar-refractivity contribution < 1.29 is 9.90 Å². The van der Waals surface area contributed by atoms with E-state index in [4.69, 9.17) is 5.11 Å². The van der Waals surface area contributed by atoms with Gasteiger partial charge in [-0.15, -0.1) is 10.2 Å². The minimum atomic E-state index is -0.825. The minimum Gasteiger partial charge on any atom is -0.481 e. The van der Waals surface area contributed by atoms with Gasteiger partial charge in [-0.25, -0.2) is 0 Å². The molecular weight excluding hydrogens is 276 g/mol. The van der Waals surface area contributed by atoms with Gasteiger partial charge in [0, 0.05) is 19.1 Å². The number of nitrogens with zero attached hydrogens (tertiary/aromatic N) is 4. The van der Waals surface area contributed by atoms with Gasteiger partial charge in [-0.05, 0) is 39.7 Å². The van der Waals surface area contributed by atoms with E-state index in [9.17, 15) is 4.79 Å². The minimum absolute atomic E-state index is 0.0287. The predicted octanol–water partition coefficient (Wildman–Crippen LogP) is 1.49. The SMILES string of the molecule is Cc1nnc(SCC(=O)O)n1CC1CCN(C(C)C)C1. The van der Waals surface area contributed by atoms with Gasteiger partial charge < -0.3 is 14.6 Å². The van der Waals surface area contributed by atoms with E-state index in [0.29, 0.717) is 17.1 Å². The monoisotopic (exact) mass is 298 g/mol. The molecule has 20 heavy (non-hydrogen) atoms. The summed E-state index contributed by atoms with van der Waals surface area (Å²) in [6.45, 7) is 9.48. The number of hydrogen-bond donors (Lipinski definition) is 1. The topological polar surface area (TPSA) is 71.2 Å². The zero-order valence-electron chi connectivity index (χ0n) is 12.2. The first-order valence-corrected chi connectivity index (χ1v) is 7.94. The van der Waals surface area contributed by atoms with Crippen molar-refractivity contribution in [2.45, 2.75) is 44.9 Å². The summed E-state index contributed by atoms with van der Waals surface area (Å²) >= 11 is 1.24. The van der Waals surface area contributed by atoms with Crippen LogP contribution in [0, 0.1) is 12.8 Å². The second-order valence-corrected chi connectivity index (χ2v) is 6.51. The molecule has 0 amide bonds. The molecule has 2 heterocycles. The van der Waals surface area contributed by atoms with Crippen molar-refractivity contribution in [3.63, 3.8) is 0 Å². The molecule has 1 aromatic heterocycles. The Balaban J connectivity index is 1.99. The normalized spacial score (nSPS) is 19.9. The van der Waals surface area contributed by atoms with E-state index in [2.05, 4.69) is 33.5 Å². The fraction of sp³-hybridized carbons (Fsp3) is 0.769. The van der Waals surface area contributed by atoms with Crippen LogP contribution >= 0.6 is 11.8 Å². The second-order valence-electron chi connectivity index (χ2n) is 5.57. The van der Waals surface area contributed by atoms with Crippen LogP contribution in [-0.2, 0) is 11.3 Å². The van der Waals surface area contributed by atoms with Crippen molar-refractivity contribution >= 4 is 17.7 Å². The summed E-state index contributed by atoms with van der Waals surface area (Å²) in [5.41, 5.74) is 0. The van der Waals surface area contributed by atoms with Crippen molar-refractivity contribution in [3.8, 4) is 0 Å². The molecule has 1 atom stereocenters. The van der Waals surface area contributed by atoms with E-state index in [1.54, 1.807) is 0 Å². The number of rotatable bonds is 6. The summed E-state index contributed by atoms with van der Waals surface area (Å²) in [5, 5.41) is 17.6. The maximum absolute atomic E-state index is 10.7. The molecule has 1 fully saturated rings. The van der Waals surface area contributed by atoms with Gasteiger partial charge in [0.1, 0.15) is 5.82 Å². The summed E-state index contributed by atoms with van der Waals surface area (Å²) in [6.07, 6.45) is 1.18. The molecule has 7 heteroatoms. The number of aromatic nitrogens is 3. The quantitative estimate of drug-likeness (QED) is 0.802. The number of carboxylic acid groups (broad SMARTS) is 1. The number of carboxylic acids is 1. The Kier molecular flexibility index (Phi) is 5.04. The van der Waals surface area contributed by atoms with Gasteiger partial charge in [0.05, 0.1) is 5.75 Å². The third kappa shape index (κ3) is 3.73. The number of aliphatic carboxylic acids is 1. The van der Waals surface area contributed by atoms with Gasteiger partial charge in [0.15, 0.2) is 5.16 Å². The molecule has 2 rings (SSSR count). The van der Waals surface area contributed by atoms with Crippen molar-refractivity contribution in [3.05, 3.63) is 5.82 Å². The zero-order valence-corrected chi connectivity index (χ0v) is 13.1. The van der Waals surface area contributed by atoms with E-state index in [1.807, 2.05) is 6.92 Å². The van der Waals surface area contributed by atoms with Crippen molar-refractivity contribution in [2.24, 2.45) is 5.92 Å². The van der Waals surface area contributed by atoms with Crippen LogP contribution in [0.5, 0.6) is 0 Å². The summed E-state index contributed by atoms with van der Waals surface area (Å²) in [5.74, 6) is 0.659. The first-order chi connectivity index (χ1) is 9.47. The Morgan fingerprint density at radius 3 is 2.85 bits per heavy atom. The number of carbonyl (C=O) groups is 1. The Bertz CT molecular complexity index is 475. The van der Waals surface area contributed by atoms with E-state index in [-0.39, 0.29) is 5.75 Å². The lowest BCUT2D eigenvalue weighted by atomic mass is 10.1. The molecule has 1 aliphatic rings. The predicted molar refractivity (Wildman–Crippen MR) is 77.9 cm³/mol. The molecular formula is C13H22N4O2S.